The number of rotatable bonds is 4. The monoisotopic (exact) mass is 237 g/mol. The highest BCUT2D eigenvalue weighted by molar-refractivity contribution is 8.00. The Bertz CT molecular complexity index is 327. The molecular weight excluding hydrogens is 222 g/mol. The van der Waals surface area contributed by atoms with Gasteiger partial charge in [-0.25, -0.2) is 0 Å². The van der Waals surface area contributed by atoms with Crippen LogP contribution in [0.15, 0.2) is 36.0 Å². The number of morpholine rings is 1. The molecule has 0 N–H and O–H groups in total. The highest BCUT2D eigenvalue weighted by atomic mass is 32.2. The molecule has 86 valence electrons. The van der Waals surface area contributed by atoms with Crippen LogP contribution < -0.4 is 0 Å². The molecule has 1 fully saturated rings. The molecule has 4 nitrogen and oxygen atoms in total. The molecule has 1 atom stereocenters. The molecule has 0 radical (unpaired) electrons. The summed E-state index contributed by atoms with van der Waals surface area (Å²) in [5.41, 5.74) is 0. The van der Waals surface area contributed by atoms with Gasteiger partial charge in [0, 0.05) is 19.3 Å². The summed E-state index contributed by atoms with van der Waals surface area (Å²) in [4.78, 5) is 2.34. The van der Waals surface area contributed by atoms with Crippen LogP contribution in [0.4, 0.5) is 0 Å². The first kappa shape index (κ1) is 11.6. The number of ether oxygens (including phenoxy) is 1. The number of nitrogens with zero attached hydrogens (tertiary/aromatic N) is 3. The summed E-state index contributed by atoms with van der Waals surface area (Å²) in [6.07, 6.45) is 3.63. The topological polar surface area (TPSA) is 38.2 Å². The van der Waals surface area contributed by atoms with Crippen molar-refractivity contribution in [1.29, 1.82) is 0 Å². The van der Waals surface area contributed by atoms with Crippen molar-refractivity contribution in [2.75, 3.05) is 26.3 Å². The highest BCUT2D eigenvalue weighted by Crippen LogP contribution is 2.24. The Labute approximate surface area is 99.7 Å². The Morgan fingerprint density at radius 1 is 1.50 bits per heavy atom. The molecule has 0 aromatic carbocycles. The SMILES string of the molecule is C=CC(Sc1cccnn1)N1CCOCC1. The van der Waals surface area contributed by atoms with Crippen molar-refractivity contribution in [2.24, 2.45) is 0 Å². The standard InChI is InChI=1S/C11H15N3OS/c1-2-11(14-6-8-15-9-7-14)16-10-4-3-5-12-13-10/h2-5,11H,1,6-9H2. The van der Waals surface area contributed by atoms with Gasteiger partial charge < -0.3 is 4.74 Å². The molecule has 1 aliphatic rings. The maximum atomic E-state index is 5.33. The van der Waals surface area contributed by atoms with E-state index in [1.807, 2.05) is 18.2 Å². The summed E-state index contributed by atoms with van der Waals surface area (Å²) < 4.78 is 5.33. The van der Waals surface area contributed by atoms with Crippen molar-refractivity contribution < 1.29 is 4.74 Å². The summed E-state index contributed by atoms with van der Waals surface area (Å²) in [6.45, 7) is 7.37. The number of aromatic nitrogens is 2. The quantitative estimate of drug-likeness (QED) is 0.585. The average molecular weight is 237 g/mol. The average Bonchev–Trinajstić information content (AvgIpc) is 2.38. The number of hydrogen-bond acceptors (Lipinski definition) is 5. The zero-order valence-electron chi connectivity index (χ0n) is 9.08. The normalized spacial score (nSPS) is 19.2. The predicted molar refractivity (Wildman–Crippen MR) is 64.3 cm³/mol. The lowest BCUT2D eigenvalue weighted by Crippen LogP contribution is -2.41. The summed E-state index contributed by atoms with van der Waals surface area (Å²) >= 11 is 1.67. The van der Waals surface area contributed by atoms with Crippen LogP contribution in [0.2, 0.25) is 0 Å². The van der Waals surface area contributed by atoms with Crippen molar-refractivity contribution in [3.63, 3.8) is 0 Å². The molecule has 1 unspecified atom stereocenters. The van der Waals surface area contributed by atoms with Crippen LogP contribution in [0.5, 0.6) is 0 Å². The Hall–Kier alpha value is -0.910. The molecule has 1 aromatic heterocycles. The molecule has 1 aromatic rings. The van der Waals surface area contributed by atoms with E-state index in [4.69, 9.17) is 4.74 Å². The summed E-state index contributed by atoms with van der Waals surface area (Å²) in [5, 5.41) is 9.12. The summed E-state index contributed by atoms with van der Waals surface area (Å²) in [6, 6.07) is 3.86. The van der Waals surface area contributed by atoms with Crippen LogP contribution in [-0.2, 0) is 4.74 Å². The summed E-state index contributed by atoms with van der Waals surface area (Å²) in [5.74, 6) is 0. The molecule has 0 bridgehead atoms. The van der Waals surface area contributed by atoms with Crippen LogP contribution in [0, 0.1) is 0 Å². The largest absolute Gasteiger partial charge is 0.379 e. The van der Waals surface area contributed by atoms with Gasteiger partial charge in [-0.3, -0.25) is 4.90 Å². The molecule has 2 rings (SSSR count). The lowest BCUT2D eigenvalue weighted by atomic mass is 10.4. The third-order valence-electron chi connectivity index (χ3n) is 2.40. The maximum Gasteiger partial charge on any atom is 0.121 e. The predicted octanol–water partition coefficient (Wildman–Crippen LogP) is 1.41. The van der Waals surface area contributed by atoms with Crippen LogP contribution in [0.3, 0.4) is 0 Å². The molecule has 5 heteroatoms. The van der Waals surface area contributed by atoms with Gasteiger partial charge >= 0.3 is 0 Å². The van der Waals surface area contributed by atoms with Crippen LogP contribution in [0.25, 0.3) is 0 Å². The minimum atomic E-state index is 0.251. The smallest absolute Gasteiger partial charge is 0.121 e. The Morgan fingerprint density at radius 3 is 2.94 bits per heavy atom. The van der Waals surface area contributed by atoms with Crippen molar-refractivity contribution in [3.05, 3.63) is 31.0 Å². The van der Waals surface area contributed by atoms with Gasteiger partial charge in [0.1, 0.15) is 5.03 Å². The lowest BCUT2D eigenvalue weighted by Gasteiger charge is -2.31. The van der Waals surface area contributed by atoms with Gasteiger partial charge in [0.25, 0.3) is 0 Å². The second-order valence-corrected chi connectivity index (χ2v) is 4.59. The van der Waals surface area contributed by atoms with Gasteiger partial charge in [-0.05, 0) is 12.1 Å². The van der Waals surface area contributed by atoms with Gasteiger partial charge in [0.05, 0.1) is 18.6 Å². The molecule has 0 aliphatic carbocycles. The van der Waals surface area contributed by atoms with Crippen LogP contribution in [-0.4, -0.2) is 46.8 Å². The molecule has 2 heterocycles. The second kappa shape index (κ2) is 5.98. The first-order chi connectivity index (χ1) is 7.90. The maximum absolute atomic E-state index is 5.33. The van der Waals surface area contributed by atoms with Crippen molar-refractivity contribution in [2.45, 2.75) is 10.4 Å². The second-order valence-electron chi connectivity index (χ2n) is 3.45. The van der Waals surface area contributed by atoms with E-state index >= 15 is 0 Å². The fourth-order valence-electron chi connectivity index (χ4n) is 1.58. The van der Waals surface area contributed by atoms with E-state index in [-0.39, 0.29) is 5.37 Å². The molecular formula is C11H15N3OS. The molecule has 0 amide bonds. The first-order valence-electron chi connectivity index (χ1n) is 5.29. The van der Waals surface area contributed by atoms with E-state index in [1.165, 1.54) is 0 Å². The lowest BCUT2D eigenvalue weighted by molar-refractivity contribution is 0.0387. The number of thioether (sulfide) groups is 1. The fourth-order valence-corrected chi connectivity index (χ4v) is 2.53. The van der Waals surface area contributed by atoms with E-state index in [0.29, 0.717) is 0 Å². The first-order valence-corrected chi connectivity index (χ1v) is 6.17. The van der Waals surface area contributed by atoms with E-state index in [1.54, 1.807) is 18.0 Å². The molecule has 16 heavy (non-hydrogen) atoms. The molecule has 1 saturated heterocycles. The Kier molecular flexibility index (Phi) is 4.33. The van der Waals surface area contributed by atoms with Crippen molar-refractivity contribution in [3.8, 4) is 0 Å². The third-order valence-corrected chi connectivity index (χ3v) is 3.59. The molecule has 0 spiro atoms. The minimum Gasteiger partial charge on any atom is -0.379 e. The number of hydrogen-bond donors (Lipinski definition) is 0. The fraction of sp³-hybridized carbons (Fsp3) is 0.455. The zero-order chi connectivity index (χ0) is 11.2. The van der Waals surface area contributed by atoms with Crippen LogP contribution in [0.1, 0.15) is 0 Å². The third kappa shape index (κ3) is 3.04. The Morgan fingerprint density at radius 2 is 2.31 bits per heavy atom. The molecule has 0 saturated carbocycles. The zero-order valence-corrected chi connectivity index (χ0v) is 9.90. The van der Waals surface area contributed by atoms with Gasteiger partial charge in [0.2, 0.25) is 0 Å². The van der Waals surface area contributed by atoms with Crippen LogP contribution >= 0.6 is 11.8 Å². The van der Waals surface area contributed by atoms with Crippen molar-refractivity contribution in [1.82, 2.24) is 15.1 Å². The van der Waals surface area contributed by atoms with E-state index in [2.05, 4.69) is 21.7 Å². The Balaban J connectivity index is 1.97. The molecule has 1 aliphatic heterocycles. The highest BCUT2D eigenvalue weighted by Gasteiger charge is 2.19. The van der Waals surface area contributed by atoms with E-state index in [9.17, 15) is 0 Å². The van der Waals surface area contributed by atoms with E-state index < -0.39 is 0 Å². The van der Waals surface area contributed by atoms with Gasteiger partial charge in [0.15, 0.2) is 0 Å². The van der Waals surface area contributed by atoms with Crippen molar-refractivity contribution >= 4 is 11.8 Å². The summed E-state index contributed by atoms with van der Waals surface area (Å²) in [7, 11) is 0. The van der Waals surface area contributed by atoms with Gasteiger partial charge in [-0.2, -0.15) is 5.10 Å². The van der Waals surface area contributed by atoms with Gasteiger partial charge in [-0.15, -0.1) is 11.7 Å². The van der Waals surface area contributed by atoms with Gasteiger partial charge in [-0.1, -0.05) is 17.8 Å². The minimum absolute atomic E-state index is 0.251. The van der Waals surface area contributed by atoms with E-state index in [0.717, 1.165) is 31.3 Å².